The van der Waals surface area contributed by atoms with Crippen LogP contribution in [0, 0.1) is 0 Å². The summed E-state index contributed by atoms with van der Waals surface area (Å²) in [4.78, 5) is 0. The van der Waals surface area contributed by atoms with Crippen LogP contribution in [0.5, 0.6) is 0 Å². The number of aromatic nitrogens is 1. The molecule has 0 spiro atoms. The van der Waals surface area contributed by atoms with Gasteiger partial charge in [-0.15, -0.1) is 0 Å². The highest BCUT2D eigenvalue weighted by Gasteiger charge is 2.54. The van der Waals surface area contributed by atoms with E-state index in [1.54, 1.807) is 24.3 Å². The SMILES string of the molecule is F[B-]1(F)n2c(Br)ccc2C(c2cc(Br)cc(Br)c2)=C2C=CC(Br)=[N+]21. The summed E-state index contributed by atoms with van der Waals surface area (Å²) in [7, 11) is 0. The molecule has 2 aromatic rings. The Kier molecular flexibility index (Phi) is 4.06. The van der Waals surface area contributed by atoms with Gasteiger partial charge < -0.3 is 17.6 Å². The van der Waals surface area contributed by atoms with Crippen LogP contribution in [-0.2, 0) is 0 Å². The first kappa shape index (κ1) is 16.9. The lowest BCUT2D eigenvalue weighted by atomic mass is 9.86. The summed E-state index contributed by atoms with van der Waals surface area (Å²) in [6.07, 6.45) is 3.37. The van der Waals surface area contributed by atoms with Crippen LogP contribution in [-0.4, -0.2) is 20.6 Å². The van der Waals surface area contributed by atoms with Crippen molar-refractivity contribution in [2.45, 2.75) is 0 Å². The molecule has 0 unspecified atom stereocenters. The predicted molar refractivity (Wildman–Crippen MR) is 107 cm³/mol. The van der Waals surface area contributed by atoms with E-state index < -0.39 is 6.97 Å². The van der Waals surface area contributed by atoms with Crippen molar-refractivity contribution in [3.8, 4) is 0 Å². The standard InChI is InChI=1S/C15H7BBr4F2N2/c17-9-5-8(6-10(18)7-9)15-11-1-3-13(19)23(11)16(21,22)24-12(15)2-4-14(24)20/h1-7H. The lowest BCUT2D eigenvalue weighted by Gasteiger charge is -2.32. The van der Waals surface area contributed by atoms with Crippen molar-refractivity contribution < 1.29 is 13.1 Å². The fourth-order valence-electron chi connectivity index (χ4n) is 3.13. The average Bonchev–Trinajstić information content (AvgIpc) is 3.03. The van der Waals surface area contributed by atoms with Crippen molar-refractivity contribution in [3.63, 3.8) is 0 Å². The maximum Gasteiger partial charge on any atom is 0.738 e. The maximum atomic E-state index is 15.1. The third kappa shape index (κ3) is 2.39. The summed E-state index contributed by atoms with van der Waals surface area (Å²) < 4.78 is 34.8. The second-order valence-corrected chi connectivity index (χ2v) is 8.90. The molecule has 122 valence electrons. The molecule has 1 aromatic heterocycles. The van der Waals surface area contributed by atoms with Gasteiger partial charge in [-0.3, -0.25) is 0 Å². The average molecular weight is 584 g/mol. The van der Waals surface area contributed by atoms with Crippen molar-refractivity contribution in [2.24, 2.45) is 0 Å². The van der Waals surface area contributed by atoms with Crippen molar-refractivity contribution in [2.75, 3.05) is 0 Å². The van der Waals surface area contributed by atoms with E-state index in [1.807, 2.05) is 18.2 Å². The van der Waals surface area contributed by atoms with Gasteiger partial charge in [0.2, 0.25) is 4.62 Å². The zero-order chi connectivity index (χ0) is 17.2. The van der Waals surface area contributed by atoms with Gasteiger partial charge in [0.05, 0.1) is 10.2 Å². The normalized spacial score (nSPS) is 18.2. The Labute approximate surface area is 170 Å². The van der Waals surface area contributed by atoms with Gasteiger partial charge in [0.15, 0.2) is 5.70 Å². The molecule has 3 heterocycles. The first-order valence-electron chi connectivity index (χ1n) is 6.91. The number of rotatable bonds is 1. The number of hydrogen-bond donors (Lipinski definition) is 0. The van der Waals surface area contributed by atoms with Crippen LogP contribution in [0.3, 0.4) is 0 Å². The molecule has 0 N–H and O–H groups in total. The van der Waals surface area contributed by atoms with Gasteiger partial charge in [0.1, 0.15) is 0 Å². The Bertz CT molecular complexity index is 971. The Morgan fingerprint density at radius 2 is 1.58 bits per heavy atom. The van der Waals surface area contributed by atoms with Crippen LogP contribution >= 0.6 is 63.7 Å². The van der Waals surface area contributed by atoms with E-state index in [9.17, 15) is 0 Å². The highest BCUT2D eigenvalue weighted by Crippen LogP contribution is 2.42. The Hall–Kier alpha value is -0.505. The van der Waals surface area contributed by atoms with Gasteiger partial charge >= 0.3 is 6.97 Å². The monoisotopic (exact) mass is 580 g/mol. The highest BCUT2D eigenvalue weighted by molar-refractivity contribution is 9.18. The number of nitrogens with zero attached hydrogens (tertiary/aromatic N) is 2. The zero-order valence-corrected chi connectivity index (χ0v) is 18.1. The fraction of sp³-hybridized carbons (Fsp3) is 0. The van der Waals surface area contributed by atoms with Crippen LogP contribution < -0.4 is 0 Å². The molecule has 0 saturated heterocycles. The van der Waals surface area contributed by atoms with Crippen LogP contribution in [0.2, 0.25) is 0 Å². The van der Waals surface area contributed by atoms with Gasteiger partial charge in [0.25, 0.3) is 0 Å². The maximum absolute atomic E-state index is 15.1. The summed E-state index contributed by atoms with van der Waals surface area (Å²) in [6, 6.07) is 9.13. The molecule has 0 bridgehead atoms. The van der Waals surface area contributed by atoms with E-state index in [4.69, 9.17) is 0 Å². The molecule has 4 rings (SSSR count). The predicted octanol–water partition coefficient (Wildman–Crippen LogP) is 6.15. The van der Waals surface area contributed by atoms with Crippen LogP contribution in [0.15, 0.2) is 61.7 Å². The molecule has 0 amide bonds. The first-order chi connectivity index (χ1) is 11.3. The summed E-state index contributed by atoms with van der Waals surface area (Å²) in [6.45, 7) is -3.99. The van der Waals surface area contributed by atoms with Crippen LogP contribution in [0.25, 0.3) is 5.57 Å². The summed E-state index contributed by atoms with van der Waals surface area (Å²) in [5.74, 6) is 0. The van der Waals surface area contributed by atoms with E-state index in [0.717, 1.165) is 29.0 Å². The molecule has 2 nitrogen and oxygen atoms in total. The van der Waals surface area contributed by atoms with Crippen molar-refractivity contribution >= 4 is 80.9 Å². The molecule has 9 heteroatoms. The second-order valence-electron chi connectivity index (χ2n) is 5.44. The molecule has 0 fully saturated rings. The van der Waals surface area contributed by atoms with E-state index >= 15 is 8.63 Å². The quantitative estimate of drug-likeness (QED) is 0.356. The smallest absolute Gasteiger partial charge is 0.389 e. The minimum Gasteiger partial charge on any atom is -0.389 e. The van der Waals surface area contributed by atoms with E-state index in [2.05, 4.69) is 63.7 Å². The minimum atomic E-state index is -3.99. The van der Waals surface area contributed by atoms with Crippen LogP contribution in [0.1, 0.15) is 11.3 Å². The van der Waals surface area contributed by atoms with Gasteiger partial charge in [-0.1, -0.05) is 31.9 Å². The van der Waals surface area contributed by atoms with Gasteiger partial charge in [0, 0.05) is 42.7 Å². The number of hydrogen-bond acceptors (Lipinski definition) is 0. The van der Waals surface area contributed by atoms with Gasteiger partial charge in [-0.05, 0) is 51.8 Å². The molecular weight excluding hydrogens is 577 g/mol. The molecule has 1 aromatic carbocycles. The molecule has 24 heavy (non-hydrogen) atoms. The first-order valence-corrected chi connectivity index (χ1v) is 10.1. The third-order valence-corrected chi connectivity index (χ3v) is 6.23. The summed E-state index contributed by atoms with van der Waals surface area (Å²) in [5.41, 5.74) is 2.56. The van der Waals surface area contributed by atoms with Gasteiger partial charge in [-0.25, -0.2) is 0 Å². The molecule has 0 aliphatic carbocycles. The fourth-order valence-corrected chi connectivity index (χ4v) is 5.56. The molecule has 0 saturated carbocycles. The number of allylic oxidation sites excluding steroid dienone is 2. The van der Waals surface area contributed by atoms with Gasteiger partial charge in [-0.2, -0.15) is 0 Å². The molecular formula is C15H7BBr4F2N2. The van der Waals surface area contributed by atoms with E-state index in [0.29, 0.717) is 20.6 Å². The number of fused-ring (bicyclic) bond motifs is 2. The van der Waals surface area contributed by atoms with Crippen molar-refractivity contribution in [1.82, 2.24) is 4.48 Å². The molecule has 2 aliphatic heterocycles. The highest BCUT2D eigenvalue weighted by atomic mass is 79.9. The summed E-state index contributed by atoms with van der Waals surface area (Å²) >= 11 is 13.5. The topological polar surface area (TPSA) is 7.94 Å². The van der Waals surface area contributed by atoms with Crippen molar-refractivity contribution in [3.05, 3.63) is 73.0 Å². The zero-order valence-electron chi connectivity index (χ0n) is 11.8. The van der Waals surface area contributed by atoms with E-state index in [-0.39, 0.29) is 0 Å². The Balaban J connectivity index is 2.12. The number of benzene rings is 1. The second kappa shape index (κ2) is 5.76. The summed E-state index contributed by atoms with van der Waals surface area (Å²) in [5, 5.41) is 0. The Morgan fingerprint density at radius 3 is 2.25 bits per heavy atom. The largest absolute Gasteiger partial charge is 0.738 e. The van der Waals surface area contributed by atoms with E-state index in [1.165, 1.54) is 0 Å². The minimum absolute atomic E-state index is 0.348. The van der Waals surface area contributed by atoms with Crippen LogP contribution in [0.4, 0.5) is 8.63 Å². The van der Waals surface area contributed by atoms with Crippen molar-refractivity contribution in [1.29, 1.82) is 0 Å². The molecule has 0 atom stereocenters. The number of halogens is 6. The lowest BCUT2D eigenvalue weighted by molar-refractivity contribution is -0.358. The lowest BCUT2D eigenvalue weighted by Crippen LogP contribution is -2.50. The third-order valence-electron chi connectivity index (χ3n) is 4.02. The molecule has 2 aliphatic rings. The molecule has 0 radical (unpaired) electrons. The Morgan fingerprint density at radius 1 is 0.917 bits per heavy atom.